The van der Waals surface area contributed by atoms with Crippen LogP contribution in [0, 0.1) is 0 Å². The lowest BCUT2D eigenvalue weighted by Gasteiger charge is -2.03. The number of hydrogen-bond donors (Lipinski definition) is 1. The molecule has 5 heteroatoms. The van der Waals surface area contributed by atoms with Crippen molar-refractivity contribution >= 4 is 11.6 Å². The molecule has 0 aromatic carbocycles. The fraction of sp³-hybridized carbons (Fsp3) is 0.308. The minimum atomic E-state index is 0.615. The van der Waals surface area contributed by atoms with Crippen molar-refractivity contribution in [2.75, 3.05) is 0 Å². The zero-order chi connectivity index (χ0) is 12.4. The topological polar surface area (TPSA) is 50.7 Å². The summed E-state index contributed by atoms with van der Waals surface area (Å²) in [6.07, 6.45) is 7.85. The quantitative estimate of drug-likeness (QED) is 0.917. The van der Waals surface area contributed by atoms with Crippen LogP contribution in [-0.4, -0.2) is 21.0 Å². The van der Waals surface area contributed by atoms with Gasteiger partial charge in [0.2, 0.25) is 0 Å². The Balaban J connectivity index is 1.71. The van der Waals surface area contributed by atoms with E-state index in [1.807, 2.05) is 18.5 Å². The molecule has 4 nitrogen and oxygen atoms in total. The highest BCUT2D eigenvalue weighted by Crippen LogP contribution is 2.19. The number of rotatable bonds is 4. The third kappa shape index (κ3) is 2.83. The van der Waals surface area contributed by atoms with Crippen molar-refractivity contribution in [2.24, 2.45) is 0 Å². The van der Waals surface area contributed by atoms with Gasteiger partial charge in [-0.15, -0.1) is 0 Å². The van der Waals surface area contributed by atoms with Crippen molar-refractivity contribution < 1.29 is 0 Å². The van der Waals surface area contributed by atoms with Gasteiger partial charge in [0, 0.05) is 36.7 Å². The van der Waals surface area contributed by atoms with Gasteiger partial charge in [-0.25, -0.2) is 9.97 Å². The van der Waals surface area contributed by atoms with Gasteiger partial charge in [-0.05, 0) is 25.0 Å². The lowest BCUT2D eigenvalue weighted by atomic mass is 10.3. The Hall–Kier alpha value is -1.52. The molecule has 1 aliphatic carbocycles. The molecule has 0 unspecified atom stereocenters. The summed E-state index contributed by atoms with van der Waals surface area (Å²) < 4.78 is 0. The first-order valence-corrected chi connectivity index (χ1v) is 6.35. The molecule has 1 fully saturated rings. The largest absolute Gasteiger partial charge is 0.310 e. The Morgan fingerprint density at radius 1 is 1.11 bits per heavy atom. The average molecular weight is 261 g/mol. The first-order chi connectivity index (χ1) is 8.81. The standard InChI is InChI=1S/C13H13ClN4/c14-10-1-4-12(16-8-10)13-17-6-9(7-18-13)5-15-11-2-3-11/h1,4,6-8,11,15H,2-3,5H2. The maximum absolute atomic E-state index is 5.79. The van der Waals surface area contributed by atoms with Crippen LogP contribution in [0.3, 0.4) is 0 Å². The molecule has 18 heavy (non-hydrogen) atoms. The molecule has 0 radical (unpaired) electrons. The number of aromatic nitrogens is 3. The van der Waals surface area contributed by atoms with E-state index in [0.29, 0.717) is 16.9 Å². The molecule has 1 N–H and O–H groups in total. The zero-order valence-corrected chi connectivity index (χ0v) is 10.6. The minimum Gasteiger partial charge on any atom is -0.310 e. The van der Waals surface area contributed by atoms with Crippen molar-refractivity contribution in [1.82, 2.24) is 20.3 Å². The Bertz CT molecular complexity index is 520. The van der Waals surface area contributed by atoms with Gasteiger partial charge in [0.25, 0.3) is 0 Å². The van der Waals surface area contributed by atoms with E-state index in [1.54, 1.807) is 12.3 Å². The van der Waals surface area contributed by atoms with E-state index in [0.717, 1.165) is 17.8 Å². The second kappa shape index (κ2) is 5.00. The van der Waals surface area contributed by atoms with Gasteiger partial charge in [0.15, 0.2) is 5.82 Å². The molecule has 0 aliphatic heterocycles. The van der Waals surface area contributed by atoms with E-state index in [9.17, 15) is 0 Å². The zero-order valence-electron chi connectivity index (χ0n) is 9.81. The number of nitrogens with one attached hydrogen (secondary N) is 1. The van der Waals surface area contributed by atoms with Gasteiger partial charge in [0.05, 0.1) is 5.02 Å². The highest BCUT2D eigenvalue weighted by atomic mass is 35.5. The molecular formula is C13H13ClN4. The van der Waals surface area contributed by atoms with Gasteiger partial charge in [-0.1, -0.05) is 11.6 Å². The maximum atomic E-state index is 5.79. The van der Waals surface area contributed by atoms with Crippen molar-refractivity contribution in [3.8, 4) is 11.5 Å². The lowest BCUT2D eigenvalue weighted by Crippen LogP contribution is -2.15. The third-order valence-corrected chi connectivity index (χ3v) is 3.06. The van der Waals surface area contributed by atoms with Gasteiger partial charge in [-0.3, -0.25) is 4.98 Å². The summed E-state index contributed by atoms with van der Waals surface area (Å²) in [4.78, 5) is 12.8. The summed E-state index contributed by atoms with van der Waals surface area (Å²) in [5.74, 6) is 0.627. The van der Waals surface area contributed by atoms with Gasteiger partial charge < -0.3 is 5.32 Å². The molecule has 0 spiro atoms. The molecule has 2 heterocycles. The average Bonchev–Trinajstić information content (AvgIpc) is 3.22. The summed E-state index contributed by atoms with van der Waals surface area (Å²) in [6.45, 7) is 0.832. The minimum absolute atomic E-state index is 0.615. The van der Waals surface area contributed by atoms with E-state index in [4.69, 9.17) is 11.6 Å². The lowest BCUT2D eigenvalue weighted by molar-refractivity contribution is 0.683. The SMILES string of the molecule is Clc1ccc(-c2ncc(CNC3CC3)cn2)nc1. The molecular weight excluding hydrogens is 248 g/mol. The molecule has 1 aliphatic rings. The number of halogens is 1. The maximum Gasteiger partial charge on any atom is 0.178 e. The molecule has 2 aromatic rings. The Labute approximate surface area is 110 Å². The van der Waals surface area contributed by atoms with Crippen LogP contribution < -0.4 is 5.32 Å². The van der Waals surface area contributed by atoms with Crippen LogP contribution in [0.2, 0.25) is 5.02 Å². The molecule has 1 saturated carbocycles. The molecule has 3 rings (SSSR count). The number of hydrogen-bond acceptors (Lipinski definition) is 4. The second-order valence-electron chi connectivity index (χ2n) is 4.43. The number of nitrogens with zero attached hydrogens (tertiary/aromatic N) is 3. The predicted octanol–water partition coefficient (Wildman–Crippen LogP) is 2.44. The van der Waals surface area contributed by atoms with Gasteiger partial charge >= 0.3 is 0 Å². The van der Waals surface area contributed by atoms with Crippen LogP contribution in [0.25, 0.3) is 11.5 Å². The first kappa shape index (κ1) is 11.6. The summed E-state index contributed by atoms with van der Waals surface area (Å²) in [6, 6.07) is 4.30. The summed E-state index contributed by atoms with van der Waals surface area (Å²) in [7, 11) is 0. The van der Waals surface area contributed by atoms with Crippen LogP contribution in [0.5, 0.6) is 0 Å². The van der Waals surface area contributed by atoms with Crippen molar-refractivity contribution in [2.45, 2.75) is 25.4 Å². The van der Waals surface area contributed by atoms with E-state index in [2.05, 4.69) is 20.3 Å². The molecule has 0 amide bonds. The van der Waals surface area contributed by atoms with E-state index >= 15 is 0 Å². The van der Waals surface area contributed by atoms with Crippen LogP contribution in [-0.2, 0) is 6.54 Å². The van der Waals surface area contributed by atoms with Crippen molar-refractivity contribution in [3.05, 3.63) is 41.3 Å². The molecule has 92 valence electrons. The van der Waals surface area contributed by atoms with Crippen LogP contribution in [0.15, 0.2) is 30.7 Å². The van der Waals surface area contributed by atoms with E-state index in [1.165, 1.54) is 12.8 Å². The fourth-order valence-corrected chi connectivity index (χ4v) is 1.75. The first-order valence-electron chi connectivity index (χ1n) is 5.97. The molecule has 0 saturated heterocycles. The second-order valence-corrected chi connectivity index (χ2v) is 4.87. The normalized spacial score (nSPS) is 14.7. The molecule has 0 bridgehead atoms. The Kier molecular flexibility index (Phi) is 3.21. The van der Waals surface area contributed by atoms with Crippen LogP contribution >= 0.6 is 11.6 Å². The fourth-order valence-electron chi connectivity index (χ4n) is 1.64. The summed E-state index contributed by atoms with van der Waals surface area (Å²) in [5, 5.41) is 4.04. The summed E-state index contributed by atoms with van der Waals surface area (Å²) >= 11 is 5.79. The van der Waals surface area contributed by atoms with Crippen LogP contribution in [0.4, 0.5) is 0 Å². The van der Waals surface area contributed by atoms with E-state index < -0.39 is 0 Å². The smallest absolute Gasteiger partial charge is 0.178 e. The number of pyridine rings is 1. The highest BCUT2D eigenvalue weighted by molar-refractivity contribution is 6.30. The Morgan fingerprint density at radius 2 is 1.89 bits per heavy atom. The molecule has 0 atom stereocenters. The predicted molar refractivity (Wildman–Crippen MR) is 70.1 cm³/mol. The molecule has 2 aromatic heterocycles. The van der Waals surface area contributed by atoms with Crippen molar-refractivity contribution in [1.29, 1.82) is 0 Å². The van der Waals surface area contributed by atoms with Gasteiger partial charge in [-0.2, -0.15) is 0 Å². The monoisotopic (exact) mass is 260 g/mol. The van der Waals surface area contributed by atoms with Crippen molar-refractivity contribution in [3.63, 3.8) is 0 Å². The summed E-state index contributed by atoms with van der Waals surface area (Å²) in [5.41, 5.74) is 1.83. The van der Waals surface area contributed by atoms with Crippen LogP contribution in [0.1, 0.15) is 18.4 Å². The third-order valence-electron chi connectivity index (χ3n) is 2.83. The highest BCUT2D eigenvalue weighted by Gasteiger charge is 2.19. The van der Waals surface area contributed by atoms with E-state index in [-0.39, 0.29) is 0 Å². The Morgan fingerprint density at radius 3 is 2.50 bits per heavy atom. The van der Waals surface area contributed by atoms with Gasteiger partial charge in [0.1, 0.15) is 5.69 Å².